The first kappa shape index (κ1) is 22.9. The molecule has 0 fully saturated rings. The third-order valence-electron chi connectivity index (χ3n) is 5.48. The maximum absolute atomic E-state index is 13.5. The zero-order valence-electron chi connectivity index (χ0n) is 18.1. The molecule has 31 heavy (non-hydrogen) atoms. The second kappa shape index (κ2) is 10.5. The van der Waals surface area contributed by atoms with E-state index in [0.717, 1.165) is 24.1 Å². The summed E-state index contributed by atoms with van der Waals surface area (Å²) < 4.78 is 13.5. The van der Waals surface area contributed by atoms with Crippen molar-refractivity contribution in [2.75, 3.05) is 20.6 Å². The lowest BCUT2D eigenvalue weighted by Crippen LogP contribution is -2.30. The van der Waals surface area contributed by atoms with Crippen molar-refractivity contribution in [2.24, 2.45) is 0 Å². The Labute approximate surface area is 184 Å². The van der Waals surface area contributed by atoms with Crippen molar-refractivity contribution in [1.29, 1.82) is 0 Å². The molecule has 2 N–H and O–H groups in total. The van der Waals surface area contributed by atoms with Gasteiger partial charge in [-0.05, 0) is 79.5 Å². The van der Waals surface area contributed by atoms with Gasteiger partial charge in [0, 0.05) is 0 Å². The van der Waals surface area contributed by atoms with Gasteiger partial charge in [0.1, 0.15) is 11.4 Å². The summed E-state index contributed by atoms with van der Waals surface area (Å²) in [7, 11) is 3.98. The van der Waals surface area contributed by atoms with E-state index in [1.54, 1.807) is 12.1 Å². The predicted molar refractivity (Wildman–Crippen MR) is 125 cm³/mol. The second-order valence-corrected chi connectivity index (χ2v) is 8.09. The summed E-state index contributed by atoms with van der Waals surface area (Å²) in [6.45, 7) is 0.620. The number of hydrogen-bond acceptors (Lipinski definition) is 3. The Balaban J connectivity index is 1.97. The SMILES string of the molecule is CN(C)CCC[C@](O)(c1ccc(F)cc1)c1ccc(/C=C/c2ccccc2)cc1CO. The zero-order valence-corrected chi connectivity index (χ0v) is 18.1. The summed E-state index contributed by atoms with van der Waals surface area (Å²) in [6, 6.07) is 21.7. The lowest BCUT2D eigenvalue weighted by atomic mass is 9.80. The zero-order chi connectivity index (χ0) is 22.3. The molecule has 0 unspecified atom stereocenters. The van der Waals surface area contributed by atoms with Gasteiger partial charge in [-0.1, -0.05) is 66.7 Å². The van der Waals surface area contributed by atoms with Crippen molar-refractivity contribution in [3.05, 3.63) is 106 Å². The molecule has 0 aliphatic heterocycles. The van der Waals surface area contributed by atoms with Crippen LogP contribution in [-0.2, 0) is 12.2 Å². The Morgan fingerprint density at radius 1 is 0.903 bits per heavy atom. The first-order valence-corrected chi connectivity index (χ1v) is 10.5. The molecule has 0 aromatic heterocycles. The summed E-state index contributed by atoms with van der Waals surface area (Å²) in [6.07, 6.45) is 5.21. The maximum Gasteiger partial charge on any atom is 0.123 e. The summed E-state index contributed by atoms with van der Waals surface area (Å²) in [5, 5.41) is 21.9. The van der Waals surface area contributed by atoms with Crippen LogP contribution in [0.4, 0.5) is 4.39 Å². The fourth-order valence-corrected chi connectivity index (χ4v) is 3.82. The van der Waals surface area contributed by atoms with Gasteiger partial charge in [-0.25, -0.2) is 4.39 Å². The van der Waals surface area contributed by atoms with Gasteiger partial charge in [-0.3, -0.25) is 0 Å². The highest BCUT2D eigenvalue weighted by atomic mass is 19.1. The van der Waals surface area contributed by atoms with Crippen LogP contribution in [0.2, 0.25) is 0 Å². The highest BCUT2D eigenvalue weighted by Crippen LogP contribution is 2.37. The van der Waals surface area contributed by atoms with Gasteiger partial charge in [0.25, 0.3) is 0 Å². The van der Waals surface area contributed by atoms with Crippen LogP contribution in [0.5, 0.6) is 0 Å². The van der Waals surface area contributed by atoms with Crippen molar-refractivity contribution in [3.8, 4) is 0 Å². The lowest BCUT2D eigenvalue weighted by Gasteiger charge is -2.32. The molecule has 0 heterocycles. The molecular formula is C27H30FNO2. The van der Waals surface area contributed by atoms with Gasteiger partial charge in [-0.15, -0.1) is 0 Å². The van der Waals surface area contributed by atoms with Crippen LogP contribution in [0.1, 0.15) is 40.7 Å². The molecule has 0 saturated heterocycles. The Bertz CT molecular complexity index is 1000. The molecule has 4 heteroatoms. The topological polar surface area (TPSA) is 43.7 Å². The third-order valence-corrected chi connectivity index (χ3v) is 5.48. The minimum atomic E-state index is -1.32. The number of benzene rings is 3. The van der Waals surface area contributed by atoms with Crippen molar-refractivity contribution in [2.45, 2.75) is 25.0 Å². The molecule has 3 rings (SSSR count). The van der Waals surface area contributed by atoms with Gasteiger partial charge >= 0.3 is 0 Å². The van der Waals surface area contributed by atoms with E-state index in [4.69, 9.17) is 0 Å². The third kappa shape index (κ3) is 5.88. The first-order valence-electron chi connectivity index (χ1n) is 10.5. The minimum Gasteiger partial charge on any atom is -0.392 e. The highest BCUT2D eigenvalue weighted by Gasteiger charge is 2.33. The van der Waals surface area contributed by atoms with Crippen molar-refractivity contribution >= 4 is 12.2 Å². The van der Waals surface area contributed by atoms with E-state index in [1.807, 2.05) is 74.8 Å². The smallest absolute Gasteiger partial charge is 0.123 e. The molecule has 3 aromatic rings. The Morgan fingerprint density at radius 3 is 2.23 bits per heavy atom. The van der Waals surface area contributed by atoms with Crippen LogP contribution >= 0.6 is 0 Å². The molecule has 0 aliphatic rings. The van der Waals surface area contributed by atoms with Gasteiger partial charge < -0.3 is 15.1 Å². The van der Waals surface area contributed by atoms with E-state index in [2.05, 4.69) is 4.90 Å². The van der Waals surface area contributed by atoms with Crippen LogP contribution in [0.3, 0.4) is 0 Å². The number of hydrogen-bond donors (Lipinski definition) is 2. The van der Waals surface area contributed by atoms with Crippen LogP contribution < -0.4 is 0 Å². The fraction of sp³-hybridized carbons (Fsp3) is 0.259. The van der Waals surface area contributed by atoms with Crippen molar-refractivity contribution in [1.82, 2.24) is 4.90 Å². The quantitative estimate of drug-likeness (QED) is 0.476. The van der Waals surface area contributed by atoms with Crippen LogP contribution in [0, 0.1) is 5.82 Å². The largest absolute Gasteiger partial charge is 0.392 e. The van der Waals surface area contributed by atoms with E-state index in [-0.39, 0.29) is 12.4 Å². The molecule has 0 saturated carbocycles. The molecule has 3 nitrogen and oxygen atoms in total. The molecule has 162 valence electrons. The van der Waals surface area contributed by atoms with E-state index in [1.165, 1.54) is 12.1 Å². The Hall–Kier alpha value is -2.79. The van der Waals surface area contributed by atoms with Gasteiger partial charge in [0.05, 0.1) is 6.61 Å². The van der Waals surface area contributed by atoms with Gasteiger partial charge in [0.2, 0.25) is 0 Å². The van der Waals surface area contributed by atoms with E-state index >= 15 is 0 Å². The fourth-order valence-electron chi connectivity index (χ4n) is 3.82. The van der Waals surface area contributed by atoms with Gasteiger partial charge in [0.15, 0.2) is 0 Å². The molecule has 0 bridgehead atoms. The number of halogens is 1. The van der Waals surface area contributed by atoms with Crippen LogP contribution in [-0.4, -0.2) is 35.8 Å². The second-order valence-electron chi connectivity index (χ2n) is 8.09. The van der Waals surface area contributed by atoms with Gasteiger partial charge in [-0.2, -0.15) is 0 Å². The van der Waals surface area contributed by atoms with Crippen molar-refractivity contribution < 1.29 is 14.6 Å². The molecule has 1 atom stereocenters. The standard InChI is InChI=1S/C27H30FNO2/c1-29(2)18-6-17-27(31,24-12-14-25(28)15-13-24)26-16-11-22(19-23(26)20-30)10-9-21-7-4-3-5-8-21/h3-5,7-16,19,30-31H,6,17-18,20H2,1-2H3/b10-9+/t27-/m0/s1. The molecule has 0 aliphatic carbocycles. The maximum atomic E-state index is 13.5. The average molecular weight is 420 g/mol. The summed E-state index contributed by atoms with van der Waals surface area (Å²) in [4.78, 5) is 2.06. The number of aliphatic hydroxyl groups excluding tert-OH is 1. The van der Waals surface area contributed by atoms with E-state index < -0.39 is 5.60 Å². The van der Waals surface area contributed by atoms with Crippen molar-refractivity contribution in [3.63, 3.8) is 0 Å². The predicted octanol–water partition coefficient (Wildman–Crippen LogP) is 5.07. The monoisotopic (exact) mass is 419 g/mol. The Kier molecular flexibility index (Phi) is 7.75. The molecular weight excluding hydrogens is 389 g/mol. The highest BCUT2D eigenvalue weighted by molar-refractivity contribution is 5.70. The minimum absolute atomic E-state index is 0.195. The summed E-state index contributed by atoms with van der Waals surface area (Å²) in [5.41, 5.74) is 2.64. The first-order chi connectivity index (χ1) is 14.9. The molecule has 0 spiro atoms. The lowest BCUT2D eigenvalue weighted by molar-refractivity contribution is 0.0641. The van der Waals surface area contributed by atoms with E-state index in [9.17, 15) is 14.6 Å². The number of rotatable bonds is 9. The van der Waals surface area contributed by atoms with Crippen LogP contribution in [0.25, 0.3) is 12.2 Å². The Morgan fingerprint density at radius 2 is 1.58 bits per heavy atom. The normalized spacial score (nSPS) is 13.6. The number of nitrogens with zero attached hydrogens (tertiary/aromatic N) is 1. The van der Waals surface area contributed by atoms with E-state index in [0.29, 0.717) is 23.1 Å². The molecule has 3 aromatic carbocycles. The molecule has 0 amide bonds. The number of aliphatic hydroxyl groups is 2. The summed E-state index contributed by atoms with van der Waals surface area (Å²) in [5.74, 6) is -0.344. The summed E-state index contributed by atoms with van der Waals surface area (Å²) >= 11 is 0. The molecule has 0 radical (unpaired) electrons. The average Bonchev–Trinajstić information content (AvgIpc) is 2.78. The van der Waals surface area contributed by atoms with Crippen LogP contribution in [0.15, 0.2) is 72.8 Å².